The quantitative estimate of drug-likeness (QED) is 0.412. The van der Waals surface area contributed by atoms with E-state index in [-0.39, 0.29) is 6.10 Å². The molecule has 1 aromatic carbocycles. The molecule has 0 aliphatic heterocycles. The SMILES string of the molecule is C=C[Si](C)(C)c1ccc(C(=O)OOC2CC(C)CCC2C(C)C)cc1. The predicted molar refractivity (Wildman–Crippen MR) is 105 cm³/mol. The predicted octanol–water partition coefficient (Wildman–Crippen LogP) is 4.88. The van der Waals surface area contributed by atoms with E-state index in [1.165, 1.54) is 11.6 Å². The van der Waals surface area contributed by atoms with Crippen LogP contribution in [0.25, 0.3) is 0 Å². The van der Waals surface area contributed by atoms with Crippen molar-refractivity contribution in [2.75, 3.05) is 0 Å². The van der Waals surface area contributed by atoms with Gasteiger partial charge in [-0.15, -0.1) is 6.58 Å². The minimum atomic E-state index is -1.61. The van der Waals surface area contributed by atoms with Gasteiger partial charge in [-0.3, -0.25) is 4.89 Å². The van der Waals surface area contributed by atoms with E-state index in [0.717, 1.165) is 12.8 Å². The molecular formula is C21H32O3Si. The molecule has 1 fully saturated rings. The number of carbonyl (C=O) groups is 1. The molecule has 0 radical (unpaired) electrons. The summed E-state index contributed by atoms with van der Waals surface area (Å²) in [4.78, 5) is 23.1. The molecule has 1 aliphatic carbocycles. The van der Waals surface area contributed by atoms with Crippen LogP contribution in [0.2, 0.25) is 13.1 Å². The topological polar surface area (TPSA) is 35.5 Å². The molecule has 2 rings (SSSR count). The summed E-state index contributed by atoms with van der Waals surface area (Å²) < 4.78 is 0. The first kappa shape index (κ1) is 19.9. The summed E-state index contributed by atoms with van der Waals surface area (Å²) >= 11 is 0. The number of hydrogen-bond donors (Lipinski definition) is 0. The third kappa shape index (κ3) is 5.05. The van der Waals surface area contributed by atoms with Gasteiger partial charge in [0, 0.05) is 0 Å². The van der Waals surface area contributed by atoms with Gasteiger partial charge in [0.1, 0.15) is 14.2 Å². The summed E-state index contributed by atoms with van der Waals surface area (Å²) in [5, 5.41) is 1.25. The average Bonchev–Trinajstić information content (AvgIpc) is 2.59. The van der Waals surface area contributed by atoms with E-state index < -0.39 is 14.0 Å². The lowest BCUT2D eigenvalue weighted by atomic mass is 9.75. The number of carbonyl (C=O) groups excluding carboxylic acids is 1. The zero-order valence-corrected chi connectivity index (χ0v) is 17.2. The molecule has 0 bridgehead atoms. The first-order valence-electron chi connectivity index (χ1n) is 9.36. The molecule has 0 spiro atoms. The zero-order chi connectivity index (χ0) is 18.6. The van der Waals surface area contributed by atoms with Crippen LogP contribution in [0.5, 0.6) is 0 Å². The molecule has 0 amide bonds. The van der Waals surface area contributed by atoms with Crippen molar-refractivity contribution in [2.24, 2.45) is 17.8 Å². The minimum absolute atomic E-state index is 0.000852. The maximum atomic E-state index is 12.3. The maximum absolute atomic E-state index is 12.3. The highest BCUT2D eigenvalue weighted by Crippen LogP contribution is 2.35. The molecule has 25 heavy (non-hydrogen) atoms. The van der Waals surface area contributed by atoms with Crippen LogP contribution in [-0.4, -0.2) is 20.1 Å². The van der Waals surface area contributed by atoms with E-state index in [4.69, 9.17) is 9.78 Å². The van der Waals surface area contributed by atoms with E-state index in [1.54, 1.807) is 0 Å². The molecule has 1 saturated carbocycles. The summed E-state index contributed by atoms with van der Waals surface area (Å²) in [7, 11) is -1.61. The van der Waals surface area contributed by atoms with Crippen LogP contribution in [0.4, 0.5) is 0 Å². The van der Waals surface area contributed by atoms with E-state index >= 15 is 0 Å². The molecule has 1 aromatic rings. The molecule has 138 valence electrons. The van der Waals surface area contributed by atoms with E-state index in [1.807, 2.05) is 30.0 Å². The Morgan fingerprint density at radius 2 is 1.88 bits per heavy atom. The van der Waals surface area contributed by atoms with Crippen LogP contribution in [-0.2, 0) is 9.78 Å². The molecule has 4 heteroatoms. The minimum Gasteiger partial charge on any atom is -0.293 e. The van der Waals surface area contributed by atoms with Gasteiger partial charge in [0.2, 0.25) is 0 Å². The lowest BCUT2D eigenvalue weighted by molar-refractivity contribution is -0.296. The molecule has 0 N–H and O–H groups in total. The van der Waals surface area contributed by atoms with Crippen molar-refractivity contribution in [3.63, 3.8) is 0 Å². The van der Waals surface area contributed by atoms with E-state index in [0.29, 0.717) is 23.3 Å². The Labute approximate surface area is 153 Å². The fourth-order valence-electron chi connectivity index (χ4n) is 3.53. The summed E-state index contributed by atoms with van der Waals surface area (Å²) in [5.74, 6) is 1.18. The molecule has 0 aromatic heterocycles. The van der Waals surface area contributed by atoms with Crippen molar-refractivity contribution in [1.82, 2.24) is 0 Å². The van der Waals surface area contributed by atoms with Crippen molar-refractivity contribution in [3.8, 4) is 0 Å². The van der Waals surface area contributed by atoms with Gasteiger partial charge >= 0.3 is 5.97 Å². The van der Waals surface area contributed by atoms with Crippen molar-refractivity contribution in [3.05, 3.63) is 42.1 Å². The normalized spacial score (nSPS) is 24.2. The summed E-state index contributed by atoms with van der Waals surface area (Å²) in [5.41, 5.74) is 2.57. The zero-order valence-electron chi connectivity index (χ0n) is 16.2. The van der Waals surface area contributed by atoms with Gasteiger partial charge in [0.25, 0.3) is 0 Å². The smallest absolute Gasteiger partial charge is 0.293 e. The average molecular weight is 361 g/mol. The van der Waals surface area contributed by atoms with Gasteiger partial charge in [-0.25, -0.2) is 4.79 Å². The Hall–Kier alpha value is -1.39. The number of rotatable bonds is 6. The van der Waals surface area contributed by atoms with Crippen LogP contribution in [0.15, 0.2) is 36.5 Å². The number of benzene rings is 1. The Kier molecular flexibility index (Phi) is 6.63. The lowest BCUT2D eigenvalue weighted by Crippen LogP contribution is -2.39. The van der Waals surface area contributed by atoms with Crippen LogP contribution in [0, 0.1) is 17.8 Å². The lowest BCUT2D eigenvalue weighted by Gasteiger charge is -2.35. The highest BCUT2D eigenvalue weighted by Gasteiger charge is 2.33. The fraction of sp³-hybridized carbons (Fsp3) is 0.571. The van der Waals surface area contributed by atoms with Crippen molar-refractivity contribution >= 4 is 19.2 Å². The van der Waals surface area contributed by atoms with E-state index in [2.05, 4.69) is 40.4 Å². The fourth-order valence-corrected chi connectivity index (χ4v) is 4.79. The molecule has 0 saturated heterocycles. The first-order chi connectivity index (χ1) is 11.7. The van der Waals surface area contributed by atoms with Gasteiger partial charge in [0.05, 0.1) is 5.56 Å². The van der Waals surface area contributed by atoms with Crippen LogP contribution >= 0.6 is 0 Å². The van der Waals surface area contributed by atoms with Crippen LogP contribution in [0.1, 0.15) is 50.4 Å². The van der Waals surface area contributed by atoms with Gasteiger partial charge in [-0.1, -0.05) is 63.3 Å². The van der Waals surface area contributed by atoms with Gasteiger partial charge in [0.15, 0.2) is 0 Å². The molecule has 0 heterocycles. The second-order valence-electron chi connectivity index (χ2n) is 8.33. The second-order valence-corrected chi connectivity index (χ2v) is 12.8. The van der Waals surface area contributed by atoms with Crippen molar-refractivity contribution in [1.29, 1.82) is 0 Å². The largest absolute Gasteiger partial charge is 0.373 e. The first-order valence-corrected chi connectivity index (χ1v) is 12.4. The second kappa shape index (κ2) is 8.32. The highest BCUT2D eigenvalue weighted by atomic mass is 28.3. The molecule has 1 aliphatic rings. The van der Waals surface area contributed by atoms with Gasteiger partial charge < -0.3 is 0 Å². The Balaban J connectivity index is 1.98. The van der Waals surface area contributed by atoms with E-state index in [9.17, 15) is 4.79 Å². The maximum Gasteiger partial charge on any atom is 0.373 e. The highest BCUT2D eigenvalue weighted by molar-refractivity contribution is 6.93. The van der Waals surface area contributed by atoms with Gasteiger partial charge in [-0.2, -0.15) is 4.89 Å². The molecule has 3 nitrogen and oxygen atoms in total. The van der Waals surface area contributed by atoms with Gasteiger partial charge in [-0.05, 0) is 42.7 Å². The molecule has 3 unspecified atom stereocenters. The van der Waals surface area contributed by atoms with Crippen LogP contribution in [0.3, 0.4) is 0 Å². The molecular weight excluding hydrogens is 328 g/mol. The Bertz CT molecular complexity index is 592. The Morgan fingerprint density at radius 1 is 1.24 bits per heavy atom. The van der Waals surface area contributed by atoms with Crippen LogP contribution < -0.4 is 5.19 Å². The molecule has 3 atom stereocenters. The third-order valence-corrected chi connectivity index (χ3v) is 8.43. The third-order valence-electron chi connectivity index (χ3n) is 5.58. The summed E-state index contributed by atoms with van der Waals surface area (Å²) in [6, 6.07) is 7.65. The Morgan fingerprint density at radius 3 is 2.44 bits per heavy atom. The van der Waals surface area contributed by atoms with Crippen molar-refractivity contribution in [2.45, 2.75) is 59.2 Å². The number of hydrogen-bond acceptors (Lipinski definition) is 3. The summed E-state index contributed by atoms with van der Waals surface area (Å²) in [6.07, 6.45) is 3.31. The summed E-state index contributed by atoms with van der Waals surface area (Å²) in [6.45, 7) is 15.0. The standard InChI is InChI=1S/C21H32O3Si/c1-7-25(5,6)18-11-9-17(10-12-18)21(22)24-23-20-14-16(4)8-13-19(20)15(2)3/h7,9-12,15-16,19-20H,1,8,13-14H2,2-6H3. The van der Waals surface area contributed by atoms with Crippen molar-refractivity contribution < 1.29 is 14.6 Å². The monoisotopic (exact) mass is 360 g/mol.